The molecule has 4 heteroatoms. The summed E-state index contributed by atoms with van der Waals surface area (Å²) >= 11 is 0. The first-order chi connectivity index (χ1) is 7.35. The molecule has 1 aliphatic rings. The number of methoxy groups -OCH3 is 2. The lowest BCUT2D eigenvalue weighted by molar-refractivity contribution is 0.141. The fourth-order valence-corrected chi connectivity index (χ4v) is 1.39. The van der Waals surface area contributed by atoms with Crippen LogP contribution in [0.1, 0.15) is 5.56 Å². The van der Waals surface area contributed by atoms with Gasteiger partial charge in [0.25, 0.3) is 0 Å². The number of hydrogen-bond donors (Lipinski definition) is 0. The van der Waals surface area contributed by atoms with Crippen LogP contribution in [-0.4, -0.2) is 32.6 Å². The molecular weight excluding hydrogens is 192 g/mol. The van der Waals surface area contributed by atoms with E-state index in [9.17, 15) is 0 Å². The van der Waals surface area contributed by atoms with Gasteiger partial charge in [-0.25, -0.2) is 4.99 Å². The van der Waals surface area contributed by atoms with Crippen LogP contribution in [0.5, 0.6) is 0 Å². The molecule has 0 aliphatic carbocycles. The molecule has 1 unspecified atom stereocenters. The van der Waals surface area contributed by atoms with Gasteiger partial charge in [0.1, 0.15) is 0 Å². The predicted octanol–water partition coefficient (Wildman–Crippen LogP) is 1.77. The lowest BCUT2D eigenvalue weighted by atomic mass is 10.2. The van der Waals surface area contributed by atoms with Gasteiger partial charge in [0.2, 0.25) is 12.1 Å². The Hall–Kier alpha value is -1.68. The number of aliphatic imine (C=N–C) groups is 2. The van der Waals surface area contributed by atoms with Crippen molar-refractivity contribution in [3.05, 3.63) is 29.8 Å². The van der Waals surface area contributed by atoms with Gasteiger partial charge in [-0.2, -0.15) is 0 Å². The molecule has 0 fully saturated rings. The maximum Gasteiger partial charge on any atom is 0.241 e. The average Bonchev–Trinajstić information content (AvgIpc) is 2.47. The molecule has 2 rings (SSSR count). The molecule has 78 valence electrons. The van der Waals surface area contributed by atoms with Gasteiger partial charge in [0.05, 0.1) is 12.8 Å². The third-order valence-corrected chi connectivity index (χ3v) is 2.16. The summed E-state index contributed by atoms with van der Waals surface area (Å²) in [7, 11) is 3.14. The number of hydrogen-bond acceptors (Lipinski definition) is 4. The maximum atomic E-state index is 5.15. The molecule has 0 amide bonds. The van der Waals surface area contributed by atoms with Crippen LogP contribution in [0, 0.1) is 0 Å². The standard InChI is InChI=1S/C11H12N2O2/c1-14-10-11(15-2)13-9-6-4-3-5-8(9)7-12-10/h3-7,10H,1-2H3. The number of rotatable bonds is 1. The summed E-state index contributed by atoms with van der Waals surface area (Å²) in [6, 6.07) is 7.74. The number of benzene rings is 1. The van der Waals surface area contributed by atoms with E-state index in [4.69, 9.17) is 9.47 Å². The maximum absolute atomic E-state index is 5.15. The topological polar surface area (TPSA) is 43.2 Å². The SMILES string of the molecule is COC1=Nc2ccccc2C=NC1OC. The Bertz CT molecular complexity index is 413. The molecule has 1 heterocycles. The number of nitrogens with zero attached hydrogens (tertiary/aromatic N) is 2. The monoisotopic (exact) mass is 204 g/mol. The van der Waals surface area contributed by atoms with Crippen molar-refractivity contribution in [2.45, 2.75) is 6.23 Å². The lowest BCUT2D eigenvalue weighted by Crippen LogP contribution is -2.21. The largest absolute Gasteiger partial charge is 0.481 e. The van der Waals surface area contributed by atoms with Crippen molar-refractivity contribution in [3.8, 4) is 0 Å². The van der Waals surface area contributed by atoms with Gasteiger partial charge >= 0.3 is 0 Å². The average molecular weight is 204 g/mol. The highest BCUT2D eigenvalue weighted by Gasteiger charge is 2.17. The number of fused-ring (bicyclic) bond motifs is 1. The zero-order valence-corrected chi connectivity index (χ0v) is 8.68. The zero-order valence-electron chi connectivity index (χ0n) is 8.68. The van der Waals surface area contributed by atoms with Crippen molar-refractivity contribution in [2.75, 3.05) is 14.2 Å². The van der Waals surface area contributed by atoms with Crippen molar-refractivity contribution in [1.29, 1.82) is 0 Å². The van der Waals surface area contributed by atoms with E-state index in [1.54, 1.807) is 20.4 Å². The summed E-state index contributed by atoms with van der Waals surface area (Å²) in [5, 5.41) is 0. The van der Waals surface area contributed by atoms with E-state index < -0.39 is 6.23 Å². The molecule has 0 N–H and O–H groups in total. The minimum Gasteiger partial charge on any atom is -0.481 e. The molecule has 0 radical (unpaired) electrons. The van der Waals surface area contributed by atoms with Crippen LogP contribution < -0.4 is 0 Å². The Morgan fingerprint density at radius 3 is 2.73 bits per heavy atom. The quantitative estimate of drug-likeness (QED) is 0.699. The van der Waals surface area contributed by atoms with E-state index in [1.807, 2.05) is 24.3 Å². The molecule has 1 atom stereocenters. The second-order valence-corrected chi connectivity index (χ2v) is 3.08. The Kier molecular flexibility index (Phi) is 2.78. The summed E-state index contributed by atoms with van der Waals surface area (Å²) in [6.07, 6.45) is 1.29. The second-order valence-electron chi connectivity index (χ2n) is 3.08. The third kappa shape index (κ3) is 1.89. The highest BCUT2D eigenvalue weighted by atomic mass is 16.5. The Balaban J connectivity index is 2.48. The highest BCUT2D eigenvalue weighted by molar-refractivity contribution is 5.94. The molecule has 0 bridgehead atoms. The van der Waals surface area contributed by atoms with E-state index >= 15 is 0 Å². The van der Waals surface area contributed by atoms with Crippen molar-refractivity contribution in [3.63, 3.8) is 0 Å². The fraction of sp³-hybridized carbons (Fsp3) is 0.273. The number of para-hydroxylation sites is 1. The van der Waals surface area contributed by atoms with Crippen LogP contribution in [0.2, 0.25) is 0 Å². The van der Waals surface area contributed by atoms with Gasteiger partial charge in [0, 0.05) is 18.9 Å². The first kappa shape index (κ1) is 9.86. The molecule has 1 aromatic carbocycles. The van der Waals surface area contributed by atoms with E-state index in [0.29, 0.717) is 5.90 Å². The molecule has 1 aromatic rings. The molecule has 15 heavy (non-hydrogen) atoms. The second kappa shape index (κ2) is 4.23. The van der Waals surface area contributed by atoms with Crippen LogP contribution in [-0.2, 0) is 9.47 Å². The van der Waals surface area contributed by atoms with Gasteiger partial charge in [0.15, 0.2) is 0 Å². The minimum atomic E-state index is -0.456. The molecule has 0 saturated heterocycles. The van der Waals surface area contributed by atoms with Crippen LogP contribution >= 0.6 is 0 Å². The summed E-state index contributed by atoms with van der Waals surface area (Å²) in [5.41, 5.74) is 1.81. The van der Waals surface area contributed by atoms with E-state index in [0.717, 1.165) is 11.3 Å². The summed E-state index contributed by atoms with van der Waals surface area (Å²) in [4.78, 5) is 8.59. The van der Waals surface area contributed by atoms with Crippen molar-refractivity contribution in [2.24, 2.45) is 9.98 Å². The molecular formula is C11H12N2O2. The van der Waals surface area contributed by atoms with E-state index in [-0.39, 0.29) is 0 Å². The third-order valence-electron chi connectivity index (χ3n) is 2.16. The Morgan fingerprint density at radius 1 is 1.20 bits per heavy atom. The van der Waals surface area contributed by atoms with Crippen molar-refractivity contribution >= 4 is 17.8 Å². The number of ether oxygens (including phenoxy) is 2. The fourth-order valence-electron chi connectivity index (χ4n) is 1.39. The van der Waals surface area contributed by atoms with Crippen molar-refractivity contribution < 1.29 is 9.47 Å². The molecule has 0 saturated carbocycles. The summed E-state index contributed by atoms with van der Waals surface area (Å²) in [6.45, 7) is 0. The van der Waals surface area contributed by atoms with Crippen LogP contribution in [0.4, 0.5) is 5.69 Å². The molecule has 0 spiro atoms. The van der Waals surface area contributed by atoms with Crippen LogP contribution in [0.15, 0.2) is 34.3 Å². The van der Waals surface area contributed by atoms with Crippen LogP contribution in [0.25, 0.3) is 0 Å². The van der Waals surface area contributed by atoms with E-state index in [1.165, 1.54) is 0 Å². The normalized spacial score (nSPS) is 19.1. The van der Waals surface area contributed by atoms with Gasteiger partial charge in [-0.3, -0.25) is 4.99 Å². The highest BCUT2D eigenvalue weighted by Crippen LogP contribution is 2.20. The van der Waals surface area contributed by atoms with Gasteiger partial charge in [-0.15, -0.1) is 0 Å². The van der Waals surface area contributed by atoms with E-state index in [2.05, 4.69) is 9.98 Å². The lowest BCUT2D eigenvalue weighted by Gasteiger charge is -2.10. The van der Waals surface area contributed by atoms with Gasteiger partial charge < -0.3 is 9.47 Å². The molecule has 4 nitrogen and oxygen atoms in total. The zero-order chi connectivity index (χ0) is 10.7. The minimum absolute atomic E-state index is 0.456. The first-order valence-electron chi connectivity index (χ1n) is 4.62. The van der Waals surface area contributed by atoms with Crippen molar-refractivity contribution in [1.82, 2.24) is 0 Å². The molecule has 1 aliphatic heterocycles. The smallest absolute Gasteiger partial charge is 0.241 e. The van der Waals surface area contributed by atoms with Gasteiger partial charge in [-0.1, -0.05) is 18.2 Å². The first-order valence-corrected chi connectivity index (χ1v) is 4.62. The summed E-state index contributed by atoms with van der Waals surface area (Å²) < 4.78 is 10.3. The Morgan fingerprint density at radius 2 is 2.00 bits per heavy atom. The molecule has 0 aromatic heterocycles. The predicted molar refractivity (Wildman–Crippen MR) is 58.9 cm³/mol. The summed E-state index contributed by atoms with van der Waals surface area (Å²) in [5.74, 6) is 0.471. The van der Waals surface area contributed by atoms with Gasteiger partial charge in [-0.05, 0) is 6.07 Å². The Labute approximate surface area is 88.3 Å². The van der Waals surface area contributed by atoms with Crippen LogP contribution in [0.3, 0.4) is 0 Å².